The molecule has 3 heterocycles. The molecular weight excluding hydrogens is 212 g/mol. The number of hydrogen-bond donors (Lipinski definition) is 0. The van der Waals surface area contributed by atoms with E-state index in [0.29, 0.717) is 12.1 Å². The summed E-state index contributed by atoms with van der Waals surface area (Å²) >= 11 is 0. The molecule has 17 heavy (non-hydrogen) atoms. The van der Waals surface area contributed by atoms with Crippen LogP contribution >= 0.6 is 0 Å². The Morgan fingerprint density at radius 1 is 1.18 bits per heavy atom. The second-order valence-electron chi connectivity index (χ2n) is 5.56. The topological polar surface area (TPSA) is 34.0 Å². The maximum atomic E-state index is 4.79. The van der Waals surface area contributed by atoms with Crippen LogP contribution in [0.15, 0.2) is 0 Å². The second kappa shape index (κ2) is 4.41. The van der Waals surface area contributed by atoms with Crippen LogP contribution in [0.5, 0.6) is 0 Å². The van der Waals surface area contributed by atoms with Gasteiger partial charge in [0.05, 0.1) is 12.1 Å². The summed E-state index contributed by atoms with van der Waals surface area (Å²) in [4.78, 5) is 7.20. The molecule has 2 atom stereocenters. The lowest BCUT2D eigenvalue weighted by Crippen LogP contribution is -2.30. The second-order valence-corrected chi connectivity index (χ2v) is 5.56. The highest BCUT2D eigenvalue weighted by Crippen LogP contribution is 2.30. The Labute approximate surface area is 103 Å². The third kappa shape index (κ3) is 1.99. The van der Waals surface area contributed by atoms with Crippen molar-refractivity contribution in [2.24, 2.45) is 0 Å². The molecular formula is C13H22N4. The first-order chi connectivity index (χ1) is 8.25. The van der Waals surface area contributed by atoms with Crippen molar-refractivity contribution in [1.82, 2.24) is 19.7 Å². The van der Waals surface area contributed by atoms with Gasteiger partial charge >= 0.3 is 0 Å². The van der Waals surface area contributed by atoms with Crippen LogP contribution in [0.4, 0.5) is 0 Å². The predicted octanol–water partition coefficient (Wildman–Crippen LogP) is 2.33. The average Bonchev–Trinajstić information content (AvgIpc) is 2.75. The summed E-state index contributed by atoms with van der Waals surface area (Å²) in [6, 6.07) is 0.989. The first-order valence-electron chi connectivity index (χ1n) is 6.91. The summed E-state index contributed by atoms with van der Waals surface area (Å²) in [7, 11) is 2.20. The van der Waals surface area contributed by atoms with Crippen LogP contribution in [0.25, 0.3) is 0 Å². The van der Waals surface area contributed by atoms with E-state index >= 15 is 0 Å². The first kappa shape index (κ1) is 11.2. The average molecular weight is 234 g/mol. The molecule has 0 saturated carbocycles. The van der Waals surface area contributed by atoms with Crippen molar-refractivity contribution in [3.8, 4) is 0 Å². The molecule has 2 unspecified atom stereocenters. The Morgan fingerprint density at radius 2 is 2.06 bits per heavy atom. The van der Waals surface area contributed by atoms with Gasteiger partial charge in [-0.25, -0.2) is 9.67 Å². The highest BCUT2D eigenvalue weighted by Gasteiger charge is 2.27. The van der Waals surface area contributed by atoms with Crippen LogP contribution in [0, 0.1) is 0 Å². The molecule has 3 rings (SSSR count). The molecule has 4 nitrogen and oxygen atoms in total. The molecule has 0 aliphatic carbocycles. The minimum Gasteiger partial charge on any atom is -0.296 e. The summed E-state index contributed by atoms with van der Waals surface area (Å²) in [6.45, 7) is 3.44. The van der Waals surface area contributed by atoms with Crippen LogP contribution < -0.4 is 0 Å². The molecule has 94 valence electrons. The highest BCUT2D eigenvalue weighted by atomic mass is 15.4. The van der Waals surface area contributed by atoms with Crippen LogP contribution in [-0.2, 0) is 6.42 Å². The molecule has 1 aromatic heterocycles. The van der Waals surface area contributed by atoms with Gasteiger partial charge in [0.15, 0.2) is 5.82 Å². The number of likely N-dealkylation sites (tertiary alicyclic amines) is 1. The van der Waals surface area contributed by atoms with Crippen molar-refractivity contribution >= 4 is 0 Å². The minimum atomic E-state index is 0.453. The van der Waals surface area contributed by atoms with Gasteiger partial charge in [0.1, 0.15) is 5.82 Å². The van der Waals surface area contributed by atoms with E-state index in [-0.39, 0.29) is 0 Å². The summed E-state index contributed by atoms with van der Waals surface area (Å²) in [5.74, 6) is 2.27. The maximum Gasteiger partial charge on any atom is 0.168 e. The predicted molar refractivity (Wildman–Crippen MR) is 66.9 cm³/mol. The molecule has 2 aliphatic heterocycles. The van der Waals surface area contributed by atoms with Gasteiger partial charge < -0.3 is 0 Å². The lowest BCUT2D eigenvalue weighted by molar-refractivity contribution is 0.179. The lowest BCUT2D eigenvalue weighted by atomic mass is 10.0. The van der Waals surface area contributed by atoms with Gasteiger partial charge in [-0.1, -0.05) is 6.42 Å². The van der Waals surface area contributed by atoms with Crippen molar-refractivity contribution in [2.75, 3.05) is 13.6 Å². The van der Waals surface area contributed by atoms with E-state index in [1.807, 2.05) is 0 Å². The van der Waals surface area contributed by atoms with Crippen LogP contribution in [-0.4, -0.2) is 33.3 Å². The van der Waals surface area contributed by atoms with Crippen molar-refractivity contribution in [3.05, 3.63) is 11.6 Å². The molecule has 0 spiro atoms. The number of hydrogen-bond acceptors (Lipinski definition) is 3. The van der Waals surface area contributed by atoms with Crippen LogP contribution in [0.2, 0.25) is 0 Å². The van der Waals surface area contributed by atoms with Gasteiger partial charge in [0, 0.05) is 6.42 Å². The quantitative estimate of drug-likeness (QED) is 0.748. The van der Waals surface area contributed by atoms with Crippen molar-refractivity contribution < 1.29 is 0 Å². The third-order valence-electron chi connectivity index (χ3n) is 4.23. The summed E-state index contributed by atoms with van der Waals surface area (Å²) in [6.07, 6.45) is 7.46. The van der Waals surface area contributed by atoms with Crippen LogP contribution in [0.3, 0.4) is 0 Å². The fourth-order valence-corrected chi connectivity index (χ4v) is 3.12. The monoisotopic (exact) mass is 234 g/mol. The number of aromatic nitrogens is 3. The number of aryl methyl sites for hydroxylation is 1. The number of rotatable bonds is 1. The van der Waals surface area contributed by atoms with E-state index in [1.165, 1.54) is 44.5 Å². The normalized spacial score (nSPS) is 30.2. The highest BCUT2D eigenvalue weighted by molar-refractivity contribution is 5.03. The van der Waals surface area contributed by atoms with Crippen LogP contribution in [0.1, 0.15) is 62.8 Å². The van der Waals surface area contributed by atoms with E-state index in [0.717, 1.165) is 12.2 Å². The SMILES string of the molecule is CC1CCCc2nc(C3CCCCN3C)nn21. The summed E-state index contributed by atoms with van der Waals surface area (Å²) in [5, 5.41) is 4.77. The summed E-state index contributed by atoms with van der Waals surface area (Å²) < 4.78 is 2.17. The maximum absolute atomic E-state index is 4.79. The molecule has 0 amide bonds. The fourth-order valence-electron chi connectivity index (χ4n) is 3.12. The number of nitrogens with zero attached hydrogens (tertiary/aromatic N) is 4. The summed E-state index contributed by atoms with van der Waals surface area (Å²) in [5.41, 5.74) is 0. The Balaban J connectivity index is 1.88. The van der Waals surface area contributed by atoms with Gasteiger partial charge in [-0.05, 0) is 46.2 Å². The molecule has 1 fully saturated rings. The molecule has 0 aromatic carbocycles. The minimum absolute atomic E-state index is 0.453. The number of piperidine rings is 1. The largest absolute Gasteiger partial charge is 0.296 e. The van der Waals surface area contributed by atoms with E-state index in [9.17, 15) is 0 Å². The van der Waals surface area contributed by atoms with Crippen molar-refractivity contribution in [1.29, 1.82) is 0 Å². The Kier molecular flexibility index (Phi) is 2.90. The van der Waals surface area contributed by atoms with E-state index in [2.05, 4.69) is 23.6 Å². The zero-order valence-corrected chi connectivity index (χ0v) is 10.9. The zero-order valence-electron chi connectivity index (χ0n) is 10.9. The molecule has 0 N–H and O–H groups in total. The first-order valence-corrected chi connectivity index (χ1v) is 6.91. The Bertz CT molecular complexity index is 398. The van der Waals surface area contributed by atoms with Gasteiger partial charge in [0.25, 0.3) is 0 Å². The molecule has 0 bridgehead atoms. The van der Waals surface area contributed by atoms with E-state index in [4.69, 9.17) is 10.1 Å². The Hall–Kier alpha value is -0.900. The third-order valence-corrected chi connectivity index (χ3v) is 4.23. The lowest BCUT2D eigenvalue weighted by Gasteiger charge is -2.30. The van der Waals surface area contributed by atoms with Crippen molar-refractivity contribution in [3.63, 3.8) is 0 Å². The van der Waals surface area contributed by atoms with E-state index < -0.39 is 0 Å². The molecule has 4 heteroatoms. The van der Waals surface area contributed by atoms with Gasteiger partial charge in [-0.3, -0.25) is 4.90 Å². The van der Waals surface area contributed by atoms with Gasteiger partial charge in [-0.15, -0.1) is 0 Å². The van der Waals surface area contributed by atoms with Crippen molar-refractivity contribution in [2.45, 2.75) is 57.5 Å². The molecule has 1 saturated heterocycles. The zero-order chi connectivity index (χ0) is 11.8. The Morgan fingerprint density at radius 3 is 2.82 bits per heavy atom. The molecule has 1 aromatic rings. The smallest absolute Gasteiger partial charge is 0.168 e. The fraction of sp³-hybridized carbons (Fsp3) is 0.846. The molecule has 0 radical (unpaired) electrons. The molecule has 2 aliphatic rings. The van der Waals surface area contributed by atoms with E-state index in [1.54, 1.807) is 0 Å². The van der Waals surface area contributed by atoms with Gasteiger partial charge in [0.2, 0.25) is 0 Å². The standard InChI is InChI=1S/C13H22N4/c1-10-6-5-8-12-14-13(15-17(10)12)11-7-3-4-9-16(11)2/h10-11H,3-9H2,1-2H3. The number of fused-ring (bicyclic) bond motifs is 1. The van der Waals surface area contributed by atoms with Gasteiger partial charge in [-0.2, -0.15) is 5.10 Å².